The van der Waals surface area contributed by atoms with Crippen LogP contribution in [0.5, 0.6) is 0 Å². The summed E-state index contributed by atoms with van der Waals surface area (Å²) in [5.41, 5.74) is -0.657. The predicted octanol–water partition coefficient (Wildman–Crippen LogP) is 4.09. The Balaban J connectivity index is 2.53. The van der Waals surface area contributed by atoms with Gasteiger partial charge in [-0.2, -0.15) is 13.2 Å². The standard InChI is InChI=1S/C16H14F3NO2S/c1-2-11-20(14-8-4-3-5-9-14)23(21,22)15-10-6-7-13(12-15)16(17,18)19/h2-10,12H,1,11H2. The van der Waals surface area contributed by atoms with E-state index in [0.29, 0.717) is 11.8 Å². The smallest absolute Gasteiger partial charge is 0.263 e. The third kappa shape index (κ3) is 3.73. The second kappa shape index (κ2) is 6.45. The molecule has 122 valence electrons. The molecule has 23 heavy (non-hydrogen) atoms. The summed E-state index contributed by atoms with van der Waals surface area (Å²) in [7, 11) is -4.14. The van der Waals surface area contributed by atoms with Crippen molar-refractivity contribution in [3.8, 4) is 0 Å². The van der Waals surface area contributed by atoms with Crippen LogP contribution in [-0.2, 0) is 16.2 Å². The maximum absolute atomic E-state index is 12.8. The van der Waals surface area contributed by atoms with Crippen LogP contribution in [0, 0.1) is 0 Å². The summed E-state index contributed by atoms with van der Waals surface area (Å²) in [6, 6.07) is 11.8. The van der Waals surface area contributed by atoms with Gasteiger partial charge >= 0.3 is 6.18 Å². The van der Waals surface area contributed by atoms with Gasteiger partial charge in [0.2, 0.25) is 0 Å². The van der Waals surface area contributed by atoms with Crippen molar-refractivity contribution in [3.63, 3.8) is 0 Å². The summed E-state index contributed by atoms with van der Waals surface area (Å²) in [5, 5.41) is 0. The number of rotatable bonds is 5. The molecule has 0 aliphatic rings. The first-order chi connectivity index (χ1) is 10.8. The zero-order valence-corrected chi connectivity index (χ0v) is 12.8. The van der Waals surface area contributed by atoms with E-state index in [1.165, 1.54) is 6.08 Å². The summed E-state index contributed by atoms with van der Waals surface area (Å²) in [6.07, 6.45) is -3.24. The van der Waals surface area contributed by atoms with Crippen LogP contribution >= 0.6 is 0 Å². The van der Waals surface area contributed by atoms with Crippen LogP contribution in [0.4, 0.5) is 18.9 Å². The lowest BCUT2D eigenvalue weighted by molar-refractivity contribution is -0.137. The Morgan fingerprint density at radius 3 is 2.26 bits per heavy atom. The van der Waals surface area contributed by atoms with Crippen LogP contribution in [0.15, 0.2) is 72.1 Å². The molecule has 2 rings (SSSR count). The molecule has 0 heterocycles. The van der Waals surface area contributed by atoms with Crippen LogP contribution in [0.1, 0.15) is 5.56 Å². The number of hydrogen-bond donors (Lipinski definition) is 0. The van der Waals surface area contributed by atoms with E-state index in [0.717, 1.165) is 22.5 Å². The normalized spacial score (nSPS) is 12.0. The average molecular weight is 341 g/mol. The van der Waals surface area contributed by atoms with Crippen molar-refractivity contribution in [2.75, 3.05) is 10.8 Å². The quantitative estimate of drug-likeness (QED) is 0.768. The summed E-state index contributed by atoms with van der Waals surface area (Å²) in [4.78, 5) is -0.418. The molecule has 0 saturated carbocycles. The fourth-order valence-electron chi connectivity index (χ4n) is 2.01. The molecule has 0 amide bonds. The predicted molar refractivity (Wildman–Crippen MR) is 82.6 cm³/mol. The Hall–Kier alpha value is -2.28. The molecule has 2 aromatic rings. The lowest BCUT2D eigenvalue weighted by atomic mass is 10.2. The Kier molecular flexibility index (Phi) is 4.79. The van der Waals surface area contributed by atoms with Gasteiger partial charge in [-0.15, -0.1) is 6.58 Å². The van der Waals surface area contributed by atoms with Gasteiger partial charge < -0.3 is 0 Å². The van der Waals surface area contributed by atoms with E-state index < -0.39 is 26.7 Å². The fourth-order valence-corrected chi connectivity index (χ4v) is 3.50. The fraction of sp³-hybridized carbons (Fsp3) is 0.125. The summed E-state index contributed by atoms with van der Waals surface area (Å²) in [6.45, 7) is 3.45. The van der Waals surface area contributed by atoms with E-state index in [4.69, 9.17) is 0 Å². The van der Waals surface area contributed by atoms with Crippen LogP contribution in [0.2, 0.25) is 0 Å². The first-order valence-corrected chi connectivity index (χ1v) is 8.07. The average Bonchev–Trinajstić information content (AvgIpc) is 2.52. The molecule has 0 aromatic heterocycles. The number of benzene rings is 2. The highest BCUT2D eigenvalue weighted by molar-refractivity contribution is 7.92. The van der Waals surface area contributed by atoms with Crippen LogP contribution in [-0.4, -0.2) is 15.0 Å². The minimum atomic E-state index is -4.61. The van der Waals surface area contributed by atoms with Crippen molar-refractivity contribution in [1.82, 2.24) is 0 Å². The maximum atomic E-state index is 12.8. The zero-order chi connectivity index (χ0) is 17.1. The van der Waals surface area contributed by atoms with Gasteiger partial charge in [-0.05, 0) is 30.3 Å². The zero-order valence-electron chi connectivity index (χ0n) is 12.0. The van der Waals surface area contributed by atoms with E-state index in [-0.39, 0.29) is 6.54 Å². The summed E-state index contributed by atoms with van der Waals surface area (Å²) in [5.74, 6) is 0. The number of anilines is 1. The molecule has 2 aromatic carbocycles. The molecule has 0 atom stereocenters. The Morgan fingerprint density at radius 2 is 1.70 bits per heavy atom. The summed E-state index contributed by atoms with van der Waals surface area (Å²) >= 11 is 0. The largest absolute Gasteiger partial charge is 0.416 e. The van der Waals surface area contributed by atoms with Crippen LogP contribution < -0.4 is 4.31 Å². The first kappa shape index (κ1) is 17.1. The van der Waals surface area contributed by atoms with Gasteiger partial charge in [0.15, 0.2) is 0 Å². The van der Waals surface area contributed by atoms with Gasteiger partial charge in [-0.3, -0.25) is 4.31 Å². The minimum Gasteiger partial charge on any atom is -0.263 e. The molecule has 0 N–H and O–H groups in total. The van der Waals surface area contributed by atoms with Gasteiger partial charge in [0, 0.05) is 0 Å². The molecule has 0 bridgehead atoms. The SMILES string of the molecule is C=CCN(c1ccccc1)S(=O)(=O)c1cccc(C(F)(F)F)c1. The van der Waals surface area contributed by atoms with Crippen molar-refractivity contribution in [3.05, 3.63) is 72.8 Å². The van der Waals surface area contributed by atoms with E-state index >= 15 is 0 Å². The number of nitrogens with zero attached hydrogens (tertiary/aromatic N) is 1. The van der Waals surface area contributed by atoms with Gasteiger partial charge in [0.1, 0.15) is 0 Å². The van der Waals surface area contributed by atoms with Gasteiger partial charge in [-0.25, -0.2) is 8.42 Å². The second-order valence-corrected chi connectivity index (χ2v) is 6.55. The van der Waals surface area contributed by atoms with E-state index in [2.05, 4.69) is 6.58 Å². The molecule has 0 fully saturated rings. The molecule has 7 heteroatoms. The molecular formula is C16H14F3NO2S. The van der Waals surface area contributed by atoms with E-state index in [9.17, 15) is 21.6 Å². The number of sulfonamides is 1. The van der Waals surface area contributed by atoms with Crippen molar-refractivity contribution < 1.29 is 21.6 Å². The van der Waals surface area contributed by atoms with Crippen LogP contribution in [0.25, 0.3) is 0 Å². The van der Waals surface area contributed by atoms with Gasteiger partial charge in [-0.1, -0.05) is 30.3 Å². The molecule has 0 aliphatic heterocycles. The lowest BCUT2D eigenvalue weighted by Gasteiger charge is -2.23. The lowest BCUT2D eigenvalue weighted by Crippen LogP contribution is -2.31. The highest BCUT2D eigenvalue weighted by atomic mass is 32.2. The topological polar surface area (TPSA) is 37.4 Å². The molecule has 0 spiro atoms. The van der Waals surface area contributed by atoms with Crippen LogP contribution in [0.3, 0.4) is 0 Å². The molecule has 0 unspecified atom stereocenters. The van der Waals surface area contributed by atoms with Crippen molar-refractivity contribution in [1.29, 1.82) is 0 Å². The monoisotopic (exact) mass is 341 g/mol. The highest BCUT2D eigenvalue weighted by Crippen LogP contribution is 2.32. The Labute approximate surface area is 132 Å². The first-order valence-electron chi connectivity index (χ1n) is 6.63. The van der Waals surface area contributed by atoms with E-state index in [1.807, 2.05) is 0 Å². The third-order valence-electron chi connectivity index (χ3n) is 3.09. The third-order valence-corrected chi connectivity index (χ3v) is 4.88. The molecule has 0 radical (unpaired) electrons. The Bertz CT molecular complexity index is 786. The molecule has 3 nitrogen and oxygen atoms in total. The number of alkyl halides is 3. The molecule has 0 aliphatic carbocycles. The number of para-hydroxylation sites is 1. The van der Waals surface area contributed by atoms with Crippen molar-refractivity contribution >= 4 is 15.7 Å². The maximum Gasteiger partial charge on any atom is 0.416 e. The second-order valence-electron chi connectivity index (χ2n) is 4.69. The number of halogens is 3. The van der Waals surface area contributed by atoms with Gasteiger partial charge in [0.25, 0.3) is 10.0 Å². The minimum absolute atomic E-state index is 0.0530. The Morgan fingerprint density at radius 1 is 1.04 bits per heavy atom. The molecule has 0 saturated heterocycles. The molecular weight excluding hydrogens is 327 g/mol. The van der Waals surface area contributed by atoms with Crippen molar-refractivity contribution in [2.45, 2.75) is 11.1 Å². The number of hydrogen-bond acceptors (Lipinski definition) is 2. The highest BCUT2D eigenvalue weighted by Gasteiger charge is 2.32. The van der Waals surface area contributed by atoms with Gasteiger partial charge in [0.05, 0.1) is 22.7 Å². The van der Waals surface area contributed by atoms with Crippen molar-refractivity contribution in [2.24, 2.45) is 0 Å². The van der Waals surface area contributed by atoms with E-state index in [1.54, 1.807) is 30.3 Å². The summed E-state index contributed by atoms with van der Waals surface area (Å²) < 4.78 is 64.8.